The van der Waals surface area contributed by atoms with Crippen molar-refractivity contribution in [1.29, 1.82) is 0 Å². The smallest absolute Gasteiger partial charge is 0.233 e. The van der Waals surface area contributed by atoms with Gasteiger partial charge in [0.2, 0.25) is 5.88 Å². The van der Waals surface area contributed by atoms with Gasteiger partial charge in [-0.3, -0.25) is 4.99 Å². The zero-order valence-corrected chi connectivity index (χ0v) is 21.1. The van der Waals surface area contributed by atoms with Crippen molar-refractivity contribution in [2.75, 3.05) is 12.4 Å². The van der Waals surface area contributed by atoms with Crippen LogP contribution in [0.15, 0.2) is 47.5 Å². The third kappa shape index (κ3) is 5.14. The van der Waals surface area contributed by atoms with Crippen LogP contribution in [-0.4, -0.2) is 23.6 Å². The highest BCUT2D eigenvalue weighted by Gasteiger charge is 2.27. The number of ether oxygens (including phenoxy) is 1. The Morgan fingerprint density at radius 1 is 1.00 bits per heavy atom. The molecule has 2 atom stereocenters. The second-order valence-corrected chi connectivity index (χ2v) is 9.27. The quantitative estimate of drug-likeness (QED) is 0.381. The van der Waals surface area contributed by atoms with Gasteiger partial charge in [0.15, 0.2) is 0 Å². The molecule has 0 saturated heterocycles. The number of aryl methyl sites for hydroxylation is 4. The van der Waals surface area contributed by atoms with Crippen LogP contribution in [0.3, 0.4) is 0 Å². The predicted octanol–water partition coefficient (Wildman–Crippen LogP) is 6.88. The summed E-state index contributed by atoms with van der Waals surface area (Å²) in [5.74, 6) is 1.01. The summed E-state index contributed by atoms with van der Waals surface area (Å²) in [4.78, 5) is 4.92. The molecule has 0 radical (unpaired) electrons. The number of rotatable bonds is 9. The average molecular weight is 457 g/mol. The maximum atomic E-state index is 5.17. The van der Waals surface area contributed by atoms with E-state index in [1.54, 1.807) is 7.11 Å². The number of fused-ring (bicyclic) bond motifs is 1. The minimum atomic E-state index is 0.148. The van der Waals surface area contributed by atoms with Gasteiger partial charge in [-0.15, -0.1) is 10.2 Å². The Morgan fingerprint density at radius 3 is 2.56 bits per heavy atom. The van der Waals surface area contributed by atoms with Crippen molar-refractivity contribution in [1.82, 2.24) is 10.2 Å². The van der Waals surface area contributed by atoms with Crippen molar-refractivity contribution in [2.24, 2.45) is 10.9 Å². The van der Waals surface area contributed by atoms with Crippen LogP contribution in [0, 0.1) is 19.8 Å². The first-order valence-corrected chi connectivity index (χ1v) is 12.4. The highest BCUT2D eigenvalue weighted by molar-refractivity contribution is 5.84. The molecule has 0 spiro atoms. The molecule has 178 valence electrons. The number of benzene rings is 2. The van der Waals surface area contributed by atoms with Gasteiger partial charge in [-0.1, -0.05) is 44.0 Å². The Balaban J connectivity index is 1.55. The number of aliphatic imine (C=N–C) groups is 1. The van der Waals surface area contributed by atoms with Crippen LogP contribution in [0.1, 0.15) is 67.0 Å². The van der Waals surface area contributed by atoms with Crippen molar-refractivity contribution in [2.45, 2.75) is 65.8 Å². The molecule has 2 unspecified atom stereocenters. The van der Waals surface area contributed by atoms with Gasteiger partial charge in [0.25, 0.3) is 0 Å². The van der Waals surface area contributed by atoms with Gasteiger partial charge >= 0.3 is 0 Å². The van der Waals surface area contributed by atoms with E-state index in [0.717, 1.165) is 36.9 Å². The average Bonchev–Trinajstić information content (AvgIpc) is 2.87. The second-order valence-electron chi connectivity index (χ2n) is 9.27. The van der Waals surface area contributed by atoms with Gasteiger partial charge in [-0.25, -0.2) is 0 Å². The second kappa shape index (κ2) is 10.8. The van der Waals surface area contributed by atoms with Crippen molar-refractivity contribution in [3.8, 4) is 17.1 Å². The molecule has 3 aromatic rings. The first-order valence-electron chi connectivity index (χ1n) is 12.4. The maximum Gasteiger partial charge on any atom is 0.233 e. The summed E-state index contributed by atoms with van der Waals surface area (Å²) >= 11 is 0. The van der Waals surface area contributed by atoms with Crippen LogP contribution < -0.4 is 10.1 Å². The molecule has 0 fully saturated rings. The van der Waals surface area contributed by atoms with Gasteiger partial charge in [-0.05, 0) is 80.3 Å². The van der Waals surface area contributed by atoms with E-state index in [-0.39, 0.29) is 6.04 Å². The molecule has 0 bridgehead atoms. The lowest BCUT2D eigenvalue weighted by atomic mass is 9.83. The molecule has 2 heterocycles. The van der Waals surface area contributed by atoms with Crippen LogP contribution in [0.4, 0.5) is 5.69 Å². The molecule has 2 aromatic carbocycles. The van der Waals surface area contributed by atoms with Crippen LogP contribution in [0.2, 0.25) is 0 Å². The lowest BCUT2D eigenvalue weighted by Crippen LogP contribution is -2.19. The molecular formula is C29H36N4O. The molecule has 1 aliphatic heterocycles. The Bertz CT molecular complexity index is 1150. The number of methoxy groups -OCH3 is 1. The Kier molecular flexibility index (Phi) is 7.61. The molecule has 5 nitrogen and oxygen atoms in total. The fourth-order valence-corrected chi connectivity index (χ4v) is 5.08. The number of hydrogen-bond donors (Lipinski definition) is 1. The molecule has 0 amide bonds. The summed E-state index contributed by atoms with van der Waals surface area (Å²) in [6, 6.07) is 15.3. The van der Waals surface area contributed by atoms with E-state index in [1.807, 2.05) is 18.5 Å². The highest BCUT2D eigenvalue weighted by atomic mass is 16.5. The number of nitrogens with one attached hydrogen (secondary N) is 1. The van der Waals surface area contributed by atoms with E-state index >= 15 is 0 Å². The van der Waals surface area contributed by atoms with Crippen molar-refractivity contribution in [3.63, 3.8) is 0 Å². The summed E-state index contributed by atoms with van der Waals surface area (Å²) in [7, 11) is 1.60. The minimum absolute atomic E-state index is 0.148. The molecule has 0 saturated carbocycles. The summed E-state index contributed by atoms with van der Waals surface area (Å²) in [5, 5.41) is 11.9. The SMILES string of the molecule is CCc1cc(C)ccc1CCCC(CC)C1N=CNc2c(C)cc(-c3ccc(OC)nn3)cc21. The third-order valence-electron chi connectivity index (χ3n) is 7.01. The van der Waals surface area contributed by atoms with Gasteiger partial charge in [0.05, 0.1) is 25.2 Å². The minimum Gasteiger partial charge on any atom is -0.480 e. The predicted molar refractivity (Wildman–Crippen MR) is 141 cm³/mol. The first kappa shape index (κ1) is 23.9. The van der Waals surface area contributed by atoms with Crippen molar-refractivity contribution in [3.05, 3.63) is 70.3 Å². The third-order valence-corrected chi connectivity index (χ3v) is 7.01. The Morgan fingerprint density at radius 2 is 1.85 bits per heavy atom. The van der Waals surface area contributed by atoms with E-state index in [2.05, 4.69) is 73.5 Å². The van der Waals surface area contributed by atoms with Crippen molar-refractivity contribution < 1.29 is 4.74 Å². The fourth-order valence-electron chi connectivity index (χ4n) is 5.08. The lowest BCUT2D eigenvalue weighted by Gasteiger charge is -2.29. The van der Waals surface area contributed by atoms with E-state index in [0.29, 0.717) is 11.8 Å². The van der Waals surface area contributed by atoms with E-state index in [9.17, 15) is 0 Å². The van der Waals surface area contributed by atoms with Crippen LogP contribution in [-0.2, 0) is 12.8 Å². The first-order chi connectivity index (χ1) is 16.5. The maximum absolute atomic E-state index is 5.17. The molecule has 5 heteroatoms. The monoisotopic (exact) mass is 456 g/mol. The van der Waals surface area contributed by atoms with Gasteiger partial charge in [-0.2, -0.15) is 0 Å². The van der Waals surface area contributed by atoms with E-state index < -0.39 is 0 Å². The van der Waals surface area contributed by atoms with Crippen LogP contribution >= 0.6 is 0 Å². The van der Waals surface area contributed by atoms with Crippen molar-refractivity contribution >= 4 is 12.0 Å². The largest absolute Gasteiger partial charge is 0.480 e. The molecule has 1 aliphatic rings. The number of nitrogens with zero attached hydrogens (tertiary/aromatic N) is 3. The Hall–Kier alpha value is -3.21. The molecular weight excluding hydrogens is 420 g/mol. The molecule has 1 aromatic heterocycles. The fraction of sp³-hybridized carbons (Fsp3) is 0.414. The number of anilines is 1. The summed E-state index contributed by atoms with van der Waals surface area (Å²) < 4.78 is 5.17. The van der Waals surface area contributed by atoms with Gasteiger partial charge < -0.3 is 10.1 Å². The summed E-state index contributed by atoms with van der Waals surface area (Å²) in [5.41, 5.74) is 9.87. The standard InChI is InChI=1S/C29H36N4O/c1-6-21(9-8-10-23-12-11-19(3)15-22(23)7-2)29-25-17-24(16-20(4)28(25)30-18-31-29)26-13-14-27(34-5)33-32-26/h11-18,21,29H,6-10H2,1-5H3,(H,30,31). The number of hydrogen-bond acceptors (Lipinski definition) is 5. The molecule has 4 rings (SSSR count). The van der Waals surface area contributed by atoms with E-state index in [4.69, 9.17) is 9.73 Å². The Labute approximate surface area is 203 Å². The van der Waals surface area contributed by atoms with Gasteiger partial charge in [0.1, 0.15) is 0 Å². The summed E-state index contributed by atoms with van der Waals surface area (Å²) in [6.07, 6.45) is 7.53. The lowest BCUT2D eigenvalue weighted by molar-refractivity contribution is 0.381. The van der Waals surface area contributed by atoms with Crippen LogP contribution in [0.25, 0.3) is 11.3 Å². The van der Waals surface area contributed by atoms with Gasteiger partial charge in [0, 0.05) is 22.9 Å². The van der Waals surface area contributed by atoms with E-state index in [1.165, 1.54) is 39.9 Å². The molecule has 34 heavy (non-hydrogen) atoms. The molecule has 1 N–H and O–H groups in total. The summed E-state index contributed by atoms with van der Waals surface area (Å²) in [6.45, 7) is 8.86. The molecule has 0 aliphatic carbocycles. The highest BCUT2D eigenvalue weighted by Crippen LogP contribution is 2.41. The number of aromatic nitrogens is 2. The van der Waals surface area contributed by atoms with Crippen LogP contribution in [0.5, 0.6) is 5.88 Å². The zero-order chi connectivity index (χ0) is 24.1. The zero-order valence-electron chi connectivity index (χ0n) is 21.1. The normalized spacial score (nSPS) is 15.5. The topological polar surface area (TPSA) is 59.4 Å².